The largest absolute Gasteiger partial charge is 0.492 e. The molecule has 0 saturated carbocycles. The number of nitrogens with one attached hydrogen (secondary N) is 1. The Morgan fingerprint density at radius 2 is 1.79 bits per heavy atom. The molecule has 1 atom stereocenters. The fraction of sp³-hybridized carbons (Fsp3) is 0.179. The first-order valence-electron chi connectivity index (χ1n) is 10.9. The zero-order valence-corrected chi connectivity index (χ0v) is 18.6. The van der Waals surface area contributed by atoms with Crippen LogP contribution in [0.4, 0.5) is 4.39 Å². The number of rotatable bonds is 8. The summed E-state index contributed by atoms with van der Waals surface area (Å²) in [4.78, 5) is 11.4. The van der Waals surface area contributed by atoms with Crippen LogP contribution in [0.1, 0.15) is 34.5 Å². The van der Waals surface area contributed by atoms with Crippen LogP contribution in [0.5, 0.6) is 5.75 Å². The molecular formula is C28H26FNO3. The lowest BCUT2D eigenvalue weighted by atomic mass is 9.99. The van der Waals surface area contributed by atoms with E-state index in [9.17, 15) is 14.3 Å². The molecule has 4 aromatic rings. The average molecular weight is 444 g/mol. The highest BCUT2D eigenvalue weighted by Gasteiger charge is 2.12. The maximum absolute atomic E-state index is 14.2. The molecule has 0 radical (unpaired) electrons. The lowest BCUT2D eigenvalue weighted by Crippen LogP contribution is -2.24. The summed E-state index contributed by atoms with van der Waals surface area (Å²) in [6.07, 6.45) is 0. The van der Waals surface area contributed by atoms with Gasteiger partial charge in [0.25, 0.3) is 0 Å². The Balaban J connectivity index is 1.42. The average Bonchev–Trinajstić information content (AvgIpc) is 2.81. The van der Waals surface area contributed by atoms with Crippen LogP contribution in [0.25, 0.3) is 21.9 Å². The van der Waals surface area contributed by atoms with Crippen molar-refractivity contribution in [1.29, 1.82) is 0 Å². The first kappa shape index (κ1) is 22.5. The van der Waals surface area contributed by atoms with Crippen molar-refractivity contribution in [2.24, 2.45) is 0 Å². The summed E-state index contributed by atoms with van der Waals surface area (Å²) < 4.78 is 20.1. The number of hydrogen-bond donors (Lipinski definition) is 2. The molecule has 0 aliphatic rings. The molecule has 33 heavy (non-hydrogen) atoms. The molecule has 0 unspecified atom stereocenters. The zero-order chi connectivity index (χ0) is 23.4. The van der Waals surface area contributed by atoms with Crippen molar-refractivity contribution >= 4 is 16.7 Å². The van der Waals surface area contributed by atoms with Crippen LogP contribution in [0, 0.1) is 12.7 Å². The minimum Gasteiger partial charge on any atom is -0.492 e. The number of benzene rings is 4. The van der Waals surface area contributed by atoms with Gasteiger partial charge in [0.1, 0.15) is 18.2 Å². The van der Waals surface area contributed by atoms with Gasteiger partial charge in [-0.3, -0.25) is 0 Å². The minimum absolute atomic E-state index is 0.129. The molecule has 0 saturated heterocycles. The molecule has 0 aliphatic carbocycles. The highest BCUT2D eigenvalue weighted by Crippen LogP contribution is 2.28. The number of halogens is 1. The number of carboxylic acids is 1. The summed E-state index contributed by atoms with van der Waals surface area (Å²) >= 11 is 0. The molecule has 5 heteroatoms. The number of aromatic carboxylic acids is 1. The van der Waals surface area contributed by atoms with Crippen LogP contribution < -0.4 is 10.1 Å². The lowest BCUT2D eigenvalue weighted by Gasteiger charge is -2.17. The predicted molar refractivity (Wildman–Crippen MR) is 129 cm³/mol. The molecule has 0 fully saturated rings. The van der Waals surface area contributed by atoms with Crippen LogP contribution in [0.2, 0.25) is 0 Å². The van der Waals surface area contributed by atoms with Gasteiger partial charge >= 0.3 is 5.97 Å². The standard InChI is InChI=1S/C28H26FNO3/c1-18-10-11-21(16-27(18)28(31)32)22-14-23(29)17-24(15-22)33-13-12-30-19(2)25-9-5-7-20-6-3-4-8-26(20)25/h3-11,14-17,19,30H,12-13H2,1-2H3,(H,31,32)/t19-/m1/s1. The van der Waals surface area contributed by atoms with Gasteiger partial charge < -0.3 is 15.2 Å². The van der Waals surface area contributed by atoms with E-state index >= 15 is 0 Å². The van der Waals surface area contributed by atoms with Crippen LogP contribution in [-0.4, -0.2) is 24.2 Å². The second-order valence-corrected chi connectivity index (χ2v) is 8.10. The fourth-order valence-corrected chi connectivity index (χ4v) is 4.03. The third-order valence-corrected chi connectivity index (χ3v) is 5.78. The highest BCUT2D eigenvalue weighted by atomic mass is 19.1. The van der Waals surface area contributed by atoms with Crippen LogP contribution in [0.3, 0.4) is 0 Å². The Morgan fingerprint density at radius 3 is 2.61 bits per heavy atom. The van der Waals surface area contributed by atoms with Crippen LogP contribution >= 0.6 is 0 Å². The number of carboxylic acid groups (broad SMARTS) is 1. The normalized spacial score (nSPS) is 12.0. The minimum atomic E-state index is -1.01. The molecule has 0 amide bonds. The maximum atomic E-state index is 14.2. The highest BCUT2D eigenvalue weighted by molar-refractivity contribution is 5.91. The smallest absolute Gasteiger partial charge is 0.335 e. The molecule has 168 valence electrons. The Labute approximate surface area is 192 Å². The third-order valence-electron chi connectivity index (χ3n) is 5.78. The Bertz CT molecular complexity index is 1300. The van der Waals surface area contributed by atoms with E-state index in [1.807, 2.05) is 12.1 Å². The quantitative estimate of drug-likeness (QED) is 0.310. The monoisotopic (exact) mass is 443 g/mol. The molecule has 0 heterocycles. The molecule has 0 aliphatic heterocycles. The van der Waals surface area contributed by atoms with E-state index in [2.05, 4.69) is 42.6 Å². The molecule has 4 nitrogen and oxygen atoms in total. The first-order valence-corrected chi connectivity index (χ1v) is 10.9. The van der Waals surface area contributed by atoms with E-state index < -0.39 is 11.8 Å². The van der Waals surface area contributed by atoms with E-state index in [0.29, 0.717) is 35.6 Å². The summed E-state index contributed by atoms with van der Waals surface area (Å²) in [5, 5.41) is 15.3. The van der Waals surface area contributed by atoms with Gasteiger partial charge in [0, 0.05) is 18.7 Å². The van der Waals surface area contributed by atoms with E-state index in [4.69, 9.17) is 4.74 Å². The molecule has 4 rings (SSSR count). The molecular weight excluding hydrogens is 417 g/mol. The zero-order valence-electron chi connectivity index (χ0n) is 18.6. The first-order chi connectivity index (χ1) is 15.9. The number of ether oxygens (including phenoxy) is 1. The van der Waals surface area contributed by atoms with Gasteiger partial charge in [0.2, 0.25) is 0 Å². The fourth-order valence-electron chi connectivity index (χ4n) is 4.03. The number of carbonyl (C=O) groups is 1. The van der Waals surface area contributed by atoms with Gasteiger partial charge in [-0.1, -0.05) is 54.6 Å². The van der Waals surface area contributed by atoms with E-state index in [1.165, 1.54) is 28.5 Å². The van der Waals surface area contributed by atoms with Crippen LogP contribution in [-0.2, 0) is 0 Å². The van der Waals surface area contributed by atoms with Gasteiger partial charge in [-0.15, -0.1) is 0 Å². The van der Waals surface area contributed by atoms with E-state index in [0.717, 1.165) is 0 Å². The second-order valence-electron chi connectivity index (χ2n) is 8.10. The summed E-state index contributed by atoms with van der Waals surface area (Å²) in [7, 11) is 0. The van der Waals surface area contributed by atoms with Gasteiger partial charge in [-0.2, -0.15) is 0 Å². The molecule has 0 spiro atoms. The molecule has 4 aromatic carbocycles. The summed E-state index contributed by atoms with van der Waals surface area (Å²) in [5.41, 5.74) is 3.28. The van der Waals surface area contributed by atoms with Gasteiger partial charge in [-0.25, -0.2) is 9.18 Å². The van der Waals surface area contributed by atoms with Crippen molar-refractivity contribution < 1.29 is 19.0 Å². The molecule has 0 aromatic heterocycles. The summed E-state index contributed by atoms with van der Waals surface area (Å²) in [6, 6.07) is 24.2. The summed E-state index contributed by atoms with van der Waals surface area (Å²) in [6.45, 7) is 4.80. The number of aryl methyl sites for hydroxylation is 1. The van der Waals surface area contributed by atoms with Crippen molar-refractivity contribution in [2.45, 2.75) is 19.9 Å². The van der Waals surface area contributed by atoms with Gasteiger partial charge in [-0.05, 0) is 65.1 Å². The van der Waals surface area contributed by atoms with Gasteiger partial charge in [0.05, 0.1) is 5.56 Å². The second kappa shape index (κ2) is 9.84. The van der Waals surface area contributed by atoms with Crippen molar-refractivity contribution in [3.63, 3.8) is 0 Å². The SMILES string of the molecule is Cc1ccc(-c2cc(F)cc(OCCN[C@H](C)c3cccc4ccccc34)c2)cc1C(=O)O. The molecule has 0 bridgehead atoms. The van der Waals surface area contributed by atoms with E-state index in [-0.39, 0.29) is 11.6 Å². The third kappa shape index (κ3) is 5.21. The Kier molecular flexibility index (Phi) is 6.71. The topological polar surface area (TPSA) is 58.6 Å². The Hall–Kier alpha value is -3.70. The number of fused-ring (bicyclic) bond motifs is 1. The molecule has 2 N–H and O–H groups in total. The van der Waals surface area contributed by atoms with Crippen molar-refractivity contribution in [1.82, 2.24) is 5.32 Å². The van der Waals surface area contributed by atoms with Crippen LogP contribution in [0.15, 0.2) is 78.9 Å². The lowest BCUT2D eigenvalue weighted by molar-refractivity contribution is 0.0696. The van der Waals surface area contributed by atoms with Crippen molar-refractivity contribution in [2.75, 3.05) is 13.2 Å². The maximum Gasteiger partial charge on any atom is 0.335 e. The summed E-state index contributed by atoms with van der Waals surface area (Å²) in [5.74, 6) is -1.03. The van der Waals surface area contributed by atoms with E-state index in [1.54, 1.807) is 31.2 Å². The predicted octanol–water partition coefficient (Wildman–Crippen LogP) is 6.38. The van der Waals surface area contributed by atoms with Gasteiger partial charge in [0.15, 0.2) is 0 Å². The van der Waals surface area contributed by atoms with Crippen molar-refractivity contribution in [3.8, 4) is 16.9 Å². The van der Waals surface area contributed by atoms with Crippen molar-refractivity contribution in [3.05, 3.63) is 101 Å². The Morgan fingerprint density at radius 1 is 1.00 bits per heavy atom. The number of hydrogen-bond acceptors (Lipinski definition) is 3.